The molecule has 3 N–H and O–H groups in total. The highest BCUT2D eigenvalue weighted by atomic mass is 35.5. The summed E-state index contributed by atoms with van der Waals surface area (Å²) in [7, 11) is 0. The number of benzene rings is 2. The third kappa shape index (κ3) is 4.43. The molecule has 0 fully saturated rings. The number of ether oxygens (including phenoxy) is 1. The average molecular weight is 346 g/mol. The number of nitrogen functional groups attached to an aromatic ring is 1. The maximum absolute atomic E-state index is 11.8. The first-order chi connectivity index (χ1) is 9.95. The molecule has 1 amide bonds. The van der Waals surface area contributed by atoms with Crippen LogP contribution in [0.4, 0.5) is 11.4 Å². The van der Waals surface area contributed by atoms with Crippen LogP contribution in [0.1, 0.15) is 0 Å². The Morgan fingerprint density at radius 3 is 2.43 bits per heavy atom. The van der Waals surface area contributed by atoms with E-state index in [0.717, 1.165) is 0 Å². The van der Waals surface area contributed by atoms with Crippen LogP contribution in [0.5, 0.6) is 5.75 Å². The largest absolute Gasteiger partial charge is 0.484 e. The second-order valence-corrected chi connectivity index (χ2v) is 5.40. The van der Waals surface area contributed by atoms with Gasteiger partial charge in [0.25, 0.3) is 5.91 Å². The molecule has 0 unspecified atom stereocenters. The Labute approximate surface area is 136 Å². The zero-order valence-corrected chi connectivity index (χ0v) is 13.0. The van der Waals surface area contributed by atoms with Crippen LogP contribution in [-0.2, 0) is 4.79 Å². The molecule has 7 heteroatoms. The Morgan fingerprint density at radius 1 is 1.14 bits per heavy atom. The quantitative estimate of drug-likeness (QED) is 0.814. The average Bonchev–Trinajstić information content (AvgIpc) is 2.40. The van der Waals surface area contributed by atoms with Crippen LogP contribution in [0.2, 0.25) is 15.1 Å². The molecule has 0 radical (unpaired) electrons. The van der Waals surface area contributed by atoms with Crippen molar-refractivity contribution >= 4 is 52.1 Å². The molecule has 0 saturated carbocycles. The Kier molecular flexibility index (Phi) is 5.17. The van der Waals surface area contributed by atoms with Crippen molar-refractivity contribution in [1.82, 2.24) is 0 Å². The lowest BCUT2D eigenvalue weighted by atomic mass is 10.3. The predicted octanol–water partition coefficient (Wildman–Crippen LogP) is 4.25. The molecule has 0 saturated heterocycles. The molecule has 0 bridgehead atoms. The number of rotatable bonds is 4. The van der Waals surface area contributed by atoms with Crippen LogP contribution >= 0.6 is 34.8 Å². The van der Waals surface area contributed by atoms with Gasteiger partial charge in [-0.2, -0.15) is 0 Å². The topological polar surface area (TPSA) is 64.3 Å². The van der Waals surface area contributed by atoms with Crippen LogP contribution in [-0.4, -0.2) is 12.5 Å². The lowest BCUT2D eigenvalue weighted by molar-refractivity contribution is -0.118. The number of nitrogens with one attached hydrogen (secondary N) is 1. The fraction of sp³-hybridized carbons (Fsp3) is 0.0714. The molecule has 2 aromatic carbocycles. The van der Waals surface area contributed by atoms with Crippen molar-refractivity contribution in [2.75, 3.05) is 17.7 Å². The zero-order valence-electron chi connectivity index (χ0n) is 10.7. The zero-order chi connectivity index (χ0) is 15.4. The molecule has 0 spiro atoms. The number of carbonyl (C=O) groups excluding carboxylic acids is 1. The molecule has 0 aliphatic carbocycles. The molecule has 4 nitrogen and oxygen atoms in total. The van der Waals surface area contributed by atoms with Crippen molar-refractivity contribution in [1.29, 1.82) is 0 Å². The first-order valence-electron chi connectivity index (χ1n) is 5.88. The number of amides is 1. The molecular weight excluding hydrogens is 335 g/mol. The lowest BCUT2D eigenvalue weighted by Crippen LogP contribution is -2.20. The minimum Gasteiger partial charge on any atom is -0.484 e. The maximum Gasteiger partial charge on any atom is 0.262 e. The minimum atomic E-state index is -0.399. The number of anilines is 2. The highest BCUT2D eigenvalue weighted by Crippen LogP contribution is 2.33. The van der Waals surface area contributed by atoms with Crippen molar-refractivity contribution in [2.45, 2.75) is 0 Å². The molecule has 0 heterocycles. The number of carbonyl (C=O) groups is 1. The van der Waals surface area contributed by atoms with Crippen molar-refractivity contribution in [2.24, 2.45) is 0 Å². The molecule has 0 aliphatic heterocycles. The molecule has 2 aromatic rings. The molecule has 0 aromatic heterocycles. The third-order valence-corrected chi connectivity index (χ3v) is 3.31. The summed E-state index contributed by atoms with van der Waals surface area (Å²) in [5.41, 5.74) is 6.46. The minimum absolute atomic E-state index is 0.196. The van der Waals surface area contributed by atoms with Gasteiger partial charge in [0, 0.05) is 16.8 Å². The normalized spacial score (nSPS) is 10.2. The van der Waals surface area contributed by atoms with E-state index in [4.69, 9.17) is 45.3 Å². The van der Waals surface area contributed by atoms with Crippen molar-refractivity contribution < 1.29 is 9.53 Å². The molecular formula is C14H11Cl3N2O2. The lowest BCUT2D eigenvalue weighted by Gasteiger charge is -2.11. The Bertz CT molecular complexity index is 654. The summed E-state index contributed by atoms with van der Waals surface area (Å²) in [6, 6.07) is 9.75. The monoisotopic (exact) mass is 344 g/mol. The van der Waals surface area contributed by atoms with E-state index in [1.54, 1.807) is 24.3 Å². The SMILES string of the molecule is Nc1cccc(OCC(=O)Nc2c(Cl)cc(Cl)cc2Cl)c1. The fourth-order valence-electron chi connectivity index (χ4n) is 1.59. The van der Waals surface area contributed by atoms with Gasteiger partial charge in [0.2, 0.25) is 0 Å². The summed E-state index contributed by atoms with van der Waals surface area (Å²) in [4.78, 5) is 11.8. The highest BCUT2D eigenvalue weighted by Gasteiger charge is 2.11. The van der Waals surface area contributed by atoms with Crippen molar-refractivity contribution in [3.8, 4) is 5.75 Å². The number of hydrogen-bond acceptors (Lipinski definition) is 3. The fourth-order valence-corrected chi connectivity index (χ4v) is 2.50. The third-order valence-electron chi connectivity index (χ3n) is 2.50. The van der Waals surface area contributed by atoms with Gasteiger partial charge in [0.05, 0.1) is 15.7 Å². The maximum atomic E-state index is 11.8. The van der Waals surface area contributed by atoms with Crippen molar-refractivity contribution in [3.63, 3.8) is 0 Å². The summed E-state index contributed by atoms with van der Waals surface area (Å²) in [6.07, 6.45) is 0. The summed E-state index contributed by atoms with van der Waals surface area (Å²) in [5.74, 6) is 0.0991. The van der Waals surface area contributed by atoms with E-state index in [-0.39, 0.29) is 16.7 Å². The predicted molar refractivity (Wildman–Crippen MR) is 86.5 cm³/mol. The van der Waals surface area contributed by atoms with E-state index in [2.05, 4.69) is 5.32 Å². The van der Waals surface area contributed by atoms with E-state index in [1.807, 2.05) is 0 Å². The van der Waals surface area contributed by atoms with Crippen LogP contribution < -0.4 is 15.8 Å². The van der Waals surface area contributed by atoms with Crippen molar-refractivity contribution in [3.05, 3.63) is 51.5 Å². The van der Waals surface area contributed by atoms with Crippen LogP contribution in [0.25, 0.3) is 0 Å². The molecule has 2 rings (SSSR count). The van der Waals surface area contributed by atoms with Crippen LogP contribution in [0.3, 0.4) is 0 Å². The second kappa shape index (κ2) is 6.89. The molecule has 21 heavy (non-hydrogen) atoms. The standard InChI is InChI=1S/C14H11Cl3N2O2/c15-8-4-11(16)14(12(17)5-8)19-13(20)7-21-10-3-1-2-9(18)6-10/h1-6H,7,18H2,(H,19,20). The van der Waals surface area contributed by atoms with Gasteiger partial charge in [-0.25, -0.2) is 0 Å². The highest BCUT2D eigenvalue weighted by molar-refractivity contribution is 6.42. The van der Waals surface area contributed by atoms with Crippen LogP contribution in [0.15, 0.2) is 36.4 Å². The van der Waals surface area contributed by atoms with E-state index < -0.39 is 5.91 Å². The van der Waals surface area contributed by atoms with Gasteiger partial charge in [-0.3, -0.25) is 4.79 Å². The summed E-state index contributed by atoms with van der Waals surface area (Å²) in [6.45, 7) is -0.196. The summed E-state index contributed by atoms with van der Waals surface area (Å²) < 4.78 is 5.32. The number of halogens is 3. The van der Waals surface area contributed by atoms with Gasteiger partial charge in [0.15, 0.2) is 6.61 Å². The van der Waals surface area contributed by atoms with Gasteiger partial charge >= 0.3 is 0 Å². The van der Waals surface area contributed by atoms with Gasteiger partial charge in [-0.05, 0) is 24.3 Å². The van der Waals surface area contributed by atoms with Gasteiger partial charge < -0.3 is 15.8 Å². The Balaban J connectivity index is 1.99. The first kappa shape index (κ1) is 15.8. The van der Waals surface area contributed by atoms with E-state index in [0.29, 0.717) is 22.1 Å². The molecule has 0 aliphatic rings. The number of nitrogens with two attached hydrogens (primary N) is 1. The van der Waals surface area contributed by atoms with E-state index >= 15 is 0 Å². The number of hydrogen-bond donors (Lipinski definition) is 2. The van der Waals surface area contributed by atoms with Gasteiger partial charge in [0.1, 0.15) is 5.75 Å². The molecule has 0 atom stereocenters. The van der Waals surface area contributed by atoms with Crippen LogP contribution in [0, 0.1) is 0 Å². The summed E-state index contributed by atoms with van der Waals surface area (Å²) in [5, 5.41) is 3.47. The summed E-state index contributed by atoms with van der Waals surface area (Å²) >= 11 is 17.7. The van der Waals surface area contributed by atoms with E-state index in [1.165, 1.54) is 12.1 Å². The second-order valence-electron chi connectivity index (χ2n) is 4.15. The Hall–Kier alpha value is -1.62. The van der Waals surface area contributed by atoms with Gasteiger partial charge in [-0.1, -0.05) is 40.9 Å². The first-order valence-corrected chi connectivity index (χ1v) is 7.02. The Morgan fingerprint density at radius 2 is 1.81 bits per heavy atom. The smallest absolute Gasteiger partial charge is 0.262 e. The molecule has 110 valence electrons. The van der Waals surface area contributed by atoms with Gasteiger partial charge in [-0.15, -0.1) is 0 Å². The van der Waals surface area contributed by atoms with E-state index in [9.17, 15) is 4.79 Å².